The van der Waals surface area contributed by atoms with Crippen molar-refractivity contribution < 1.29 is 9.72 Å². The summed E-state index contributed by atoms with van der Waals surface area (Å²) in [6.45, 7) is 3.36. The van der Waals surface area contributed by atoms with E-state index in [4.69, 9.17) is 0 Å². The van der Waals surface area contributed by atoms with Crippen LogP contribution < -0.4 is 16.6 Å². The molecule has 1 atom stereocenters. The average molecular weight is 356 g/mol. The first kappa shape index (κ1) is 17.3. The molecule has 0 saturated heterocycles. The van der Waals surface area contributed by atoms with E-state index in [1.807, 2.05) is 0 Å². The third-order valence-corrected chi connectivity index (χ3v) is 4.31. The van der Waals surface area contributed by atoms with Crippen molar-refractivity contribution in [2.45, 2.75) is 26.2 Å². The smallest absolute Gasteiger partial charge is 0.327 e. The number of nitrogens with one attached hydrogen (secondary N) is 3. The molecule has 0 aliphatic carbocycles. The van der Waals surface area contributed by atoms with Gasteiger partial charge < -0.3 is 5.32 Å². The van der Waals surface area contributed by atoms with E-state index in [-0.39, 0.29) is 29.3 Å². The Kier molecular flexibility index (Phi) is 4.29. The molecule has 0 amide bonds. The predicted octanol–water partition coefficient (Wildman–Crippen LogP) is 1.78. The van der Waals surface area contributed by atoms with Crippen molar-refractivity contribution in [3.05, 3.63) is 77.6 Å². The zero-order valence-corrected chi connectivity index (χ0v) is 14.1. The number of anilines is 1. The van der Waals surface area contributed by atoms with Crippen LogP contribution in [0.15, 0.2) is 45.1 Å². The number of nitro groups is 1. The monoisotopic (exact) mass is 356 g/mol. The van der Waals surface area contributed by atoms with E-state index < -0.39 is 22.1 Å². The van der Waals surface area contributed by atoms with Crippen LogP contribution in [0, 0.1) is 10.1 Å². The van der Waals surface area contributed by atoms with Gasteiger partial charge in [0, 0.05) is 35.7 Å². The molecule has 1 aromatic heterocycles. The Balaban J connectivity index is 2.33. The van der Waals surface area contributed by atoms with Crippen molar-refractivity contribution in [3.63, 3.8) is 0 Å². The number of Topliss-reactive ketones (excluding diaryl/α,β-unsaturated/α-hetero) is 1. The van der Waals surface area contributed by atoms with Gasteiger partial charge in [-0.1, -0.05) is 19.1 Å². The van der Waals surface area contributed by atoms with E-state index in [2.05, 4.69) is 15.3 Å². The highest BCUT2D eigenvalue weighted by atomic mass is 16.6. The van der Waals surface area contributed by atoms with Gasteiger partial charge in [0.2, 0.25) is 0 Å². The van der Waals surface area contributed by atoms with Crippen LogP contribution in [0.4, 0.5) is 11.5 Å². The molecule has 0 spiro atoms. The number of H-pyrrole nitrogens is 2. The summed E-state index contributed by atoms with van der Waals surface area (Å²) in [5.74, 6) is -0.831. The quantitative estimate of drug-likeness (QED) is 0.564. The number of carbonyl (C=O) groups excluding carboxylic acids is 1. The van der Waals surface area contributed by atoms with Gasteiger partial charge >= 0.3 is 5.69 Å². The lowest BCUT2D eigenvalue weighted by atomic mass is 9.80. The first-order valence-corrected chi connectivity index (χ1v) is 7.95. The molecule has 2 heterocycles. The first-order valence-electron chi connectivity index (χ1n) is 7.95. The minimum atomic E-state index is -0.820. The molecule has 0 saturated carbocycles. The Morgan fingerprint density at radius 1 is 1.27 bits per heavy atom. The lowest BCUT2D eigenvalue weighted by Gasteiger charge is -2.29. The number of rotatable bonds is 4. The fourth-order valence-corrected chi connectivity index (χ4v) is 3.20. The van der Waals surface area contributed by atoms with Crippen LogP contribution in [0.5, 0.6) is 0 Å². The second-order valence-corrected chi connectivity index (χ2v) is 5.92. The molecule has 134 valence electrons. The van der Waals surface area contributed by atoms with Gasteiger partial charge in [0.25, 0.3) is 11.2 Å². The van der Waals surface area contributed by atoms with Gasteiger partial charge in [0.1, 0.15) is 5.82 Å². The second-order valence-electron chi connectivity index (χ2n) is 5.92. The SMILES string of the molecule is CCC(=O)C1=C(C)Nc2[nH]c(=O)[nH]c(=O)c2C1c1cccc([N+](=O)[O-])c1. The third kappa shape index (κ3) is 2.83. The minimum absolute atomic E-state index is 0.146. The van der Waals surface area contributed by atoms with Gasteiger partial charge in [-0.05, 0) is 12.5 Å². The maximum absolute atomic E-state index is 12.6. The van der Waals surface area contributed by atoms with Gasteiger partial charge in [-0.2, -0.15) is 0 Å². The number of carbonyl (C=O) groups is 1. The Hall–Kier alpha value is -3.49. The van der Waals surface area contributed by atoms with E-state index in [0.29, 0.717) is 16.8 Å². The molecular formula is C17H16N4O5. The topological polar surface area (TPSA) is 138 Å². The maximum Gasteiger partial charge on any atom is 0.327 e. The van der Waals surface area contributed by atoms with Crippen LogP contribution in [-0.2, 0) is 4.79 Å². The number of non-ortho nitro benzene ring substituents is 1. The van der Waals surface area contributed by atoms with Gasteiger partial charge in [0.15, 0.2) is 5.78 Å². The molecule has 9 heteroatoms. The zero-order chi connectivity index (χ0) is 19.0. The molecule has 0 bridgehead atoms. The molecule has 3 N–H and O–H groups in total. The number of ketones is 1. The molecule has 3 rings (SSSR count). The molecule has 2 aromatic rings. The van der Waals surface area contributed by atoms with E-state index in [9.17, 15) is 24.5 Å². The highest BCUT2D eigenvalue weighted by Crippen LogP contribution is 2.40. The number of nitrogens with zero attached hydrogens (tertiary/aromatic N) is 1. The van der Waals surface area contributed by atoms with Crippen LogP contribution >= 0.6 is 0 Å². The number of aromatic amines is 2. The summed E-state index contributed by atoms with van der Waals surface area (Å²) in [7, 11) is 0. The highest BCUT2D eigenvalue weighted by molar-refractivity contribution is 5.99. The lowest BCUT2D eigenvalue weighted by Crippen LogP contribution is -2.34. The Morgan fingerprint density at radius 2 is 2.00 bits per heavy atom. The summed E-state index contributed by atoms with van der Waals surface area (Å²) >= 11 is 0. The average Bonchev–Trinajstić information content (AvgIpc) is 2.59. The number of aromatic nitrogens is 2. The Bertz CT molecular complexity index is 1060. The van der Waals surface area contributed by atoms with Crippen LogP contribution in [0.3, 0.4) is 0 Å². The zero-order valence-electron chi connectivity index (χ0n) is 14.1. The largest absolute Gasteiger partial charge is 0.345 e. The maximum atomic E-state index is 12.6. The molecule has 0 radical (unpaired) electrons. The van der Waals surface area contributed by atoms with Crippen LogP contribution in [0.25, 0.3) is 0 Å². The lowest BCUT2D eigenvalue weighted by molar-refractivity contribution is -0.384. The Labute approximate surface area is 146 Å². The summed E-state index contributed by atoms with van der Waals surface area (Å²) < 4.78 is 0. The Morgan fingerprint density at radius 3 is 2.65 bits per heavy atom. The van der Waals surface area contributed by atoms with E-state index in [0.717, 1.165) is 0 Å². The molecule has 9 nitrogen and oxygen atoms in total. The number of allylic oxidation sites excluding steroid dienone is 2. The molecule has 26 heavy (non-hydrogen) atoms. The van der Waals surface area contributed by atoms with Gasteiger partial charge in [-0.3, -0.25) is 29.7 Å². The van der Waals surface area contributed by atoms with Crippen molar-refractivity contribution >= 4 is 17.3 Å². The van der Waals surface area contributed by atoms with Crippen molar-refractivity contribution in [2.75, 3.05) is 5.32 Å². The summed E-state index contributed by atoms with van der Waals surface area (Å²) in [4.78, 5) is 51.9. The number of benzene rings is 1. The van der Waals surface area contributed by atoms with Crippen molar-refractivity contribution in [1.82, 2.24) is 9.97 Å². The fraction of sp³-hybridized carbons (Fsp3) is 0.235. The standard InChI is InChI=1S/C17H16N4O5/c1-3-11(22)12-8(2)18-15-14(16(23)20-17(24)19-15)13(12)9-5-4-6-10(7-9)21(25)26/h4-7,13H,3H2,1-2H3,(H3,18,19,20,23,24). The molecule has 0 fully saturated rings. The van der Waals surface area contributed by atoms with E-state index in [1.54, 1.807) is 19.9 Å². The fourth-order valence-electron chi connectivity index (χ4n) is 3.20. The number of hydrogen-bond donors (Lipinski definition) is 3. The van der Waals surface area contributed by atoms with E-state index in [1.165, 1.54) is 18.2 Å². The van der Waals surface area contributed by atoms with Gasteiger partial charge in [-0.25, -0.2) is 4.79 Å². The summed E-state index contributed by atoms with van der Waals surface area (Å²) in [5, 5.41) is 14.0. The van der Waals surface area contributed by atoms with E-state index >= 15 is 0 Å². The number of hydrogen-bond acceptors (Lipinski definition) is 6. The second kappa shape index (κ2) is 6.43. The van der Waals surface area contributed by atoms with Crippen LogP contribution in [0.2, 0.25) is 0 Å². The van der Waals surface area contributed by atoms with Crippen molar-refractivity contribution in [1.29, 1.82) is 0 Å². The van der Waals surface area contributed by atoms with Crippen molar-refractivity contribution in [3.8, 4) is 0 Å². The molecule has 1 aliphatic heterocycles. The number of fused-ring (bicyclic) bond motifs is 1. The van der Waals surface area contributed by atoms with Gasteiger partial charge in [0.05, 0.1) is 10.5 Å². The molecular weight excluding hydrogens is 340 g/mol. The molecule has 1 unspecified atom stereocenters. The molecule has 1 aromatic carbocycles. The molecule has 1 aliphatic rings. The van der Waals surface area contributed by atoms with Crippen LogP contribution in [-0.4, -0.2) is 20.7 Å². The summed E-state index contributed by atoms with van der Waals surface area (Å²) in [6, 6.07) is 5.78. The number of nitro benzene ring substituents is 1. The van der Waals surface area contributed by atoms with Gasteiger partial charge in [-0.15, -0.1) is 0 Å². The van der Waals surface area contributed by atoms with Crippen LogP contribution in [0.1, 0.15) is 37.3 Å². The third-order valence-electron chi connectivity index (χ3n) is 4.31. The highest BCUT2D eigenvalue weighted by Gasteiger charge is 2.34. The predicted molar refractivity (Wildman–Crippen MR) is 94.2 cm³/mol. The normalized spacial score (nSPS) is 16.0. The summed E-state index contributed by atoms with van der Waals surface area (Å²) in [5.41, 5.74) is -0.0774. The van der Waals surface area contributed by atoms with Crippen molar-refractivity contribution in [2.24, 2.45) is 0 Å². The first-order chi connectivity index (χ1) is 12.3. The summed E-state index contributed by atoms with van der Waals surface area (Å²) in [6.07, 6.45) is 0.205. The minimum Gasteiger partial charge on any atom is -0.345 e.